The Morgan fingerprint density at radius 1 is 1.50 bits per heavy atom. The molecule has 0 aliphatic heterocycles. The molecule has 5 heteroatoms. The summed E-state index contributed by atoms with van der Waals surface area (Å²) in [6.07, 6.45) is 0.637. The van der Waals surface area contributed by atoms with Crippen molar-refractivity contribution in [1.29, 1.82) is 0 Å². The lowest BCUT2D eigenvalue weighted by atomic mass is 10.3. The maximum atomic E-state index is 10.2. The van der Waals surface area contributed by atoms with Gasteiger partial charge in [-0.1, -0.05) is 0 Å². The van der Waals surface area contributed by atoms with Crippen LogP contribution in [0.25, 0.3) is 0 Å². The van der Waals surface area contributed by atoms with Gasteiger partial charge in [-0.3, -0.25) is 4.89 Å². The predicted octanol–water partition coefficient (Wildman–Crippen LogP) is 0.0335. The molecule has 0 unspecified atom stereocenters. The molecule has 0 fully saturated rings. The molecule has 0 aliphatic carbocycles. The van der Waals surface area contributed by atoms with Crippen LogP contribution in [-0.4, -0.2) is 22.3 Å². The van der Waals surface area contributed by atoms with Crippen molar-refractivity contribution in [2.75, 3.05) is 0 Å². The molecule has 10 heavy (non-hydrogen) atoms. The summed E-state index contributed by atoms with van der Waals surface area (Å²) in [5.41, 5.74) is -0.171. The fourth-order valence-electron chi connectivity index (χ4n) is 0.316. The van der Waals surface area contributed by atoms with Crippen LogP contribution in [0.3, 0.4) is 0 Å². The second kappa shape index (κ2) is 3.62. The van der Waals surface area contributed by atoms with E-state index in [4.69, 9.17) is 10.4 Å². The zero-order valence-corrected chi connectivity index (χ0v) is 5.20. The molecule has 0 bridgehead atoms. The maximum Gasteiger partial charge on any atom is 0.368 e. The van der Waals surface area contributed by atoms with Crippen LogP contribution < -0.4 is 0 Å². The Labute approximate surface area is 56.5 Å². The number of carboxylic acid groups (broad SMARTS) is 1. The molecule has 0 rings (SSSR count). The van der Waals surface area contributed by atoms with Crippen molar-refractivity contribution in [3.63, 3.8) is 0 Å². The van der Waals surface area contributed by atoms with Gasteiger partial charge in [-0.2, -0.15) is 5.26 Å². The Balaban J connectivity index is 4.19. The van der Waals surface area contributed by atoms with Crippen molar-refractivity contribution in [1.82, 2.24) is 0 Å². The highest BCUT2D eigenvalue weighted by molar-refractivity contribution is 5.94. The fraction of sp³-hybridized carbons (Fsp3) is 0.200. The molecular formula is C5H6O5. The van der Waals surface area contributed by atoms with Crippen LogP contribution in [0.5, 0.6) is 0 Å². The van der Waals surface area contributed by atoms with Gasteiger partial charge in [0.25, 0.3) is 0 Å². The Morgan fingerprint density at radius 2 is 2.00 bits per heavy atom. The smallest absolute Gasteiger partial charge is 0.368 e. The van der Waals surface area contributed by atoms with Crippen molar-refractivity contribution in [3.8, 4) is 0 Å². The lowest BCUT2D eigenvalue weighted by Gasteiger charge is -1.91. The zero-order chi connectivity index (χ0) is 8.15. The Bertz CT molecular complexity index is 180. The fourth-order valence-corrected chi connectivity index (χ4v) is 0.316. The minimum atomic E-state index is -1.26. The van der Waals surface area contributed by atoms with Crippen LogP contribution >= 0.6 is 0 Å². The Morgan fingerprint density at radius 3 is 2.30 bits per heavy atom. The molecule has 0 aliphatic rings. The predicted molar refractivity (Wildman–Crippen MR) is 30.1 cm³/mol. The molecule has 0 amide bonds. The molecule has 56 valence electrons. The van der Waals surface area contributed by atoms with Gasteiger partial charge in [0.2, 0.25) is 0 Å². The van der Waals surface area contributed by atoms with Crippen LogP contribution in [0, 0.1) is 0 Å². The number of carbonyl (C=O) groups is 2. The summed E-state index contributed by atoms with van der Waals surface area (Å²) in [6, 6.07) is 0. The maximum absolute atomic E-state index is 10.2. The number of rotatable bonds is 2. The summed E-state index contributed by atoms with van der Waals surface area (Å²) in [4.78, 5) is 23.4. The zero-order valence-electron chi connectivity index (χ0n) is 5.20. The van der Waals surface area contributed by atoms with E-state index in [0.29, 0.717) is 6.08 Å². The summed E-state index contributed by atoms with van der Waals surface area (Å²) in [6.45, 7) is 1.21. The molecule has 0 aromatic heterocycles. The molecule has 0 spiro atoms. The first kappa shape index (κ1) is 8.64. The molecule has 0 saturated heterocycles. The van der Waals surface area contributed by atoms with Crippen molar-refractivity contribution >= 4 is 11.9 Å². The minimum absolute atomic E-state index is 0.171. The summed E-state index contributed by atoms with van der Waals surface area (Å²) in [5.74, 6) is -2.33. The number of carboxylic acids is 1. The van der Waals surface area contributed by atoms with E-state index in [1.165, 1.54) is 6.92 Å². The Hall–Kier alpha value is -1.36. The van der Waals surface area contributed by atoms with Crippen molar-refractivity contribution < 1.29 is 24.8 Å². The topological polar surface area (TPSA) is 83.8 Å². The number of aliphatic carboxylic acids is 1. The second-order valence-electron chi connectivity index (χ2n) is 1.54. The largest absolute Gasteiger partial charge is 0.478 e. The van der Waals surface area contributed by atoms with E-state index in [1.54, 1.807) is 0 Å². The van der Waals surface area contributed by atoms with Gasteiger partial charge in [-0.05, 0) is 6.92 Å². The molecule has 0 aromatic carbocycles. The highest BCUT2D eigenvalue weighted by Gasteiger charge is 2.05. The van der Waals surface area contributed by atoms with E-state index in [2.05, 4.69) is 4.89 Å². The van der Waals surface area contributed by atoms with Gasteiger partial charge in [0.05, 0.1) is 0 Å². The molecular weight excluding hydrogens is 140 g/mol. The van der Waals surface area contributed by atoms with E-state index >= 15 is 0 Å². The van der Waals surface area contributed by atoms with E-state index < -0.39 is 11.9 Å². The third-order valence-electron chi connectivity index (χ3n) is 0.745. The first-order valence-electron chi connectivity index (χ1n) is 2.35. The third kappa shape index (κ3) is 2.83. The summed E-state index contributed by atoms with van der Waals surface area (Å²) < 4.78 is 0. The first-order valence-corrected chi connectivity index (χ1v) is 2.35. The van der Waals surface area contributed by atoms with Gasteiger partial charge in [0.1, 0.15) is 0 Å². The lowest BCUT2D eigenvalue weighted by Crippen LogP contribution is -2.04. The number of hydrogen-bond acceptors (Lipinski definition) is 4. The average Bonchev–Trinajstić information content (AvgIpc) is 1.85. The monoisotopic (exact) mass is 146 g/mol. The first-order chi connectivity index (χ1) is 4.57. The quantitative estimate of drug-likeness (QED) is 0.326. The normalized spacial score (nSPS) is 10.8. The van der Waals surface area contributed by atoms with Gasteiger partial charge in [0, 0.05) is 11.6 Å². The summed E-state index contributed by atoms with van der Waals surface area (Å²) in [5, 5.41) is 15.8. The van der Waals surface area contributed by atoms with Gasteiger partial charge in [-0.25, -0.2) is 9.59 Å². The summed E-state index contributed by atoms with van der Waals surface area (Å²) in [7, 11) is 0. The molecule has 0 saturated carbocycles. The number of carbonyl (C=O) groups excluding carboxylic acids is 1. The van der Waals surface area contributed by atoms with Gasteiger partial charge in [-0.15, -0.1) is 0 Å². The van der Waals surface area contributed by atoms with Crippen LogP contribution in [0.4, 0.5) is 0 Å². The van der Waals surface area contributed by atoms with Crippen LogP contribution in [0.2, 0.25) is 0 Å². The molecule has 0 atom stereocenters. The van der Waals surface area contributed by atoms with Crippen molar-refractivity contribution in [2.24, 2.45) is 0 Å². The van der Waals surface area contributed by atoms with Crippen LogP contribution in [0.1, 0.15) is 6.92 Å². The van der Waals surface area contributed by atoms with Crippen molar-refractivity contribution in [3.05, 3.63) is 11.6 Å². The highest BCUT2D eigenvalue weighted by atomic mass is 17.1. The van der Waals surface area contributed by atoms with Gasteiger partial charge in [0.15, 0.2) is 0 Å². The van der Waals surface area contributed by atoms with E-state index in [9.17, 15) is 9.59 Å². The van der Waals surface area contributed by atoms with Gasteiger partial charge < -0.3 is 5.11 Å². The minimum Gasteiger partial charge on any atom is -0.478 e. The lowest BCUT2D eigenvalue weighted by molar-refractivity contribution is -0.229. The van der Waals surface area contributed by atoms with Crippen LogP contribution in [-0.2, 0) is 14.5 Å². The number of hydrogen-bond donors (Lipinski definition) is 2. The SMILES string of the molecule is CC(=CC(=O)O)C(=O)OO. The molecule has 5 nitrogen and oxygen atoms in total. The highest BCUT2D eigenvalue weighted by Crippen LogP contribution is 1.93. The van der Waals surface area contributed by atoms with E-state index in [0.717, 1.165) is 0 Å². The molecule has 0 radical (unpaired) electrons. The van der Waals surface area contributed by atoms with Crippen LogP contribution in [0.15, 0.2) is 11.6 Å². The van der Waals surface area contributed by atoms with Crippen molar-refractivity contribution in [2.45, 2.75) is 6.92 Å². The third-order valence-corrected chi connectivity index (χ3v) is 0.745. The van der Waals surface area contributed by atoms with E-state index in [-0.39, 0.29) is 5.57 Å². The second-order valence-corrected chi connectivity index (χ2v) is 1.54. The van der Waals surface area contributed by atoms with E-state index in [1.807, 2.05) is 0 Å². The Kier molecular flexibility index (Phi) is 3.13. The molecule has 0 heterocycles. The molecule has 0 aromatic rings. The molecule has 2 N–H and O–H groups in total. The average molecular weight is 146 g/mol. The van der Waals surface area contributed by atoms with Gasteiger partial charge >= 0.3 is 11.9 Å². The standard InChI is InChI=1S/C5H6O5/c1-3(2-4(6)7)5(8)10-9/h2,9H,1H3,(H,6,7). The summed E-state index contributed by atoms with van der Waals surface area (Å²) >= 11 is 0.